The highest BCUT2D eigenvalue weighted by Crippen LogP contribution is 2.35. The highest BCUT2D eigenvalue weighted by molar-refractivity contribution is 5.87. The van der Waals surface area contributed by atoms with Crippen molar-refractivity contribution in [2.45, 2.75) is 24.7 Å². The highest BCUT2D eigenvalue weighted by Gasteiger charge is 2.41. The number of nitrogens with one attached hydrogen (secondary N) is 1. The minimum absolute atomic E-state index is 0.381. The Morgan fingerprint density at radius 1 is 1.17 bits per heavy atom. The van der Waals surface area contributed by atoms with E-state index >= 15 is 0 Å². The number of methoxy groups -OCH3 is 1. The van der Waals surface area contributed by atoms with Crippen LogP contribution in [-0.4, -0.2) is 41.4 Å². The maximum absolute atomic E-state index is 12.4. The molecule has 29 heavy (non-hydrogen) atoms. The summed E-state index contributed by atoms with van der Waals surface area (Å²) in [5.74, 6) is 0.157. The predicted octanol–water partition coefficient (Wildman–Crippen LogP) is 2.78. The maximum atomic E-state index is 12.4. The molecule has 1 amide bonds. The number of amides is 1. The van der Waals surface area contributed by atoms with Gasteiger partial charge in [-0.2, -0.15) is 4.98 Å². The molecule has 4 rings (SSSR count). The molecule has 0 radical (unpaired) electrons. The number of pyridine rings is 2. The van der Waals surface area contributed by atoms with E-state index in [0.717, 1.165) is 28.5 Å². The molecule has 1 aliphatic rings. The summed E-state index contributed by atoms with van der Waals surface area (Å²) in [6.07, 6.45) is 3.55. The van der Waals surface area contributed by atoms with Crippen LogP contribution in [0.4, 0.5) is 0 Å². The van der Waals surface area contributed by atoms with Gasteiger partial charge in [-0.25, -0.2) is 10.5 Å². The Morgan fingerprint density at radius 2 is 1.93 bits per heavy atom. The van der Waals surface area contributed by atoms with Crippen LogP contribution in [0.25, 0.3) is 11.0 Å². The fourth-order valence-electron chi connectivity index (χ4n) is 3.97. The van der Waals surface area contributed by atoms with Crippen molar-refractivity contribution in [3.63, 3.8) is 0 Å². The molecule has 1 aromatic carbocycles. The van der Waals surface area contributed by atoms with Crippen molar-refractivity contribution in [1.29, 1.82) is 0 Å². The van der Waals surface area contributed by atoms with E-state index in [1.54, 1.807) is 13.3 Å². The van der Waals surface area contributed by atoms with Gasteiger partial charge in [-0.15, -0.1) is 0 Å². The van der Waals surface area contributed by atoms with E-state index in [1.807, 2.05) is 47.9 Å². The van der Waals surface area contributed by atoms with Gasteiger partial charge in [-0.05, 0) is 48.1 Å². The van der Waals surface area contributed by atoms with Gasteiger partial charge in [0, 0.05) is 30.9 Å². The number of hydrogen-bond donors (Lipinski definition) is 2. The molecule has 0 atom stereocenters. The van der Waals surface area contributed by atoms with Crippen molar-refractivity contribution in [2.75, 3.05) is 20.3 Å². The Balaban J connectivity index is 1.62. The number of benzene rings is 1. The zero-order valence-electron chi connectivity index (χ0n) is 16.2. The number of rotatable bonds is 5. The smallest absolute Gasteiger partial charge is 0.254 e. The zero-order valence-corrected chi connectivity index (χ0v) is 16.2. The third kappa shape index (κ3) is 3.66. The van der Waals surface area contributed by atoms with E-state index in [9.17, 15) is 10.0 Å². The number of hydrogen-bond acceptors (Lipinski definition) is 6. The van der Waals surface area contributed by atoms with E-state index in [4.69, 9.17) is 9.47 Å². The van der Waals surface area contributed by atoms with Crippen LogP contribution in [-0.2, 0) is 21.4 Å². The molecule has 1 aliphatic heterocycles. The van der Waals surface area contributed by atoms with Gasteiger partial charge in [0.1, 0.15) is 0 Å². The minimum atomic E-state index is -0.755. The Morgan fingerprint density at radius 3 is 2.62 bits per heavy atom. The number of fused-ring (bicyclic) bond motifs is 1. The lowest BCUT2D eigenvalue weighted by atomic mass is 9.73. The molecule has 1 saturated heterocycles. The molecule has 2 N–H and O–H groups in total. The topological polar surface area (TPSA) is 93.6 Å². The Hall–Kier alpha value is -3.03. The first-order valence-electron chi connectivity index (χ1n) is 9.56. The molecule has 0 unspecified atom stereocenters. The summed E-state index contributed by atoms with van der Waals surface area (Å²) in [6, 6.07) is 13.8. The van der Waals surface area contributed by atoms with Crippen molar-refractivity contribution >= 4 is 16.9 Å². The summed E-state index contributed by atoms with van der Waals surface area (Å²) < 4.78 is 10.6. The van der Waals surface area contributed by atoms with E-state index in [-0.39, 0.29) is 5.91 Å². The van der Waals surface area contributed by atoms with E-state index in [0.29, 0.717) is 37.6 Å². The lowest BCUT2D eigenvalue weighted by molar-refractivity contribution is -0.139. The van der Waals surface area contributed by atoms with Crippen molar-refractivity contribution in [3.8, 4) is 5.88 Å². The van der Waals surface area contributed by atoms with Gasteiger partial charge < -0.3 is 9.47 Å². The van der Waals surface area contributed by atoms with Crippen molar-refractivity contribution < 1.29 is 19.5 Å². The summed E-state index contributed by atoms with van der Waals surface area (Å²) in [5.41, 5.74) is 4.86. The van der Waals surface area contributed by atoms with Crippen LogP contribution in [0.1, 0.15) is 29.5 Å². The number of nitrogens with zero attached hydrogens (tertiary/aromatic N) is 2. The molecular weight excluding hydrogens is 370 g/mol. The lowest BCUT2D eigenvalue weighted by Crippen LogP contribution is -2.47. The van der Waals surface area contributed by atoms with Crippen LogP contribution < -0.4 is 10.2 Å². The van der Waals surface area contributed by atoms with Crippen molar-refractivity contribution in [1.82, 2.24) is 15.4 Å². The van der Waals surface area contributed by atoms with Gasteiger partial charge in [0.05, 0.1) is 12.5 Å². The average molecular weight is 393 g/mol. The second-order valence-electron chi connectivity index (χ2n) is 7.20. The van der Waals surface area contributed by atoms with E-state index < -0.39 is 5.41 Å². The lowest BCUT2D eigenvalue weighted by Gasteiger charge is -2.35. The van der Waals surface area contributed by atoms with Crippen LogP contribution >= 0.6 is 0 Å². The first kappa shape index (κ1) is 19.3. The molecule has 0 spiro atoms. The monoisotopic (exact) mass is 393 g/mol. The van der Waals surface area contributed by atoms with E-state index in [2.05, 4.69) is 9.97 Å². The van der Waals surface area contributed by atoms with Crippen LogP contribution in [0.15, 0.2) is 48.7 Å². The van der Waals surface area contributed by atoms with Crippen molar-refractivity contribution in [2.24, 2.45) is 0 Å². The second kappa shape index (κ2) is 8.14. The molecule has 0 bridgehead atoms. The minimum Gasteiger partial charge on any atom is -0.481 e. The molecule has 3 heterocycles. The van der Waals surface area contributed by atoms with E-state index in [1.165, 1.54) is 0 Å². The summed E-state index contributed by atoms with van der Waals surface area (Å²) in [5, 5.41) is 10.2. The van der Waals surface area contributed by atoms with Crippen LogP contribution in [0.5, 0.6) is 5.88 Å². The molecule has 3 aromatic rings. The normalized spacial score (nSPS) is 15.8. The molecule has 7 heteroatoms. The average Bonchev–Trinajstić information content (AvgIpc) is 2.79. The highest BCUT2D eigenvalue weighted by atomic mass is 16.5. The number of carbonyl (C=O) groups is 1. The van der Waals surface area contributed by atoms with Crippen LogP contribution in [0.3, 0.4) is 0 Å². The van der Waals surface area contributed by atoms with Gasteiger partial charge >= 0.3 is 0 Å². The molecule has 0 saturated carbocycles. The second-order valence-corrected chi connectivity index (χ2v) is 7.20. The SMILES string of the molecule is COc1ccc2c(Cc3ccc(C4(C(=O)NO)CCOCC4)cc3)ccnc2n1. The zero-order chi connectivity index (χ0) is 20.3. The fraction of sp³-hybridized carbons (Fsp3) is 0.318. The maximum Gasteiger partial charge on any atom is 0.254 e. The Labute approximate surface area is 168 Å². The summed E-state index contributed by atoms with van der Waals surface area (Å²) in [4.78, 5) is 21.2. The van der Waals surface area contributed by atoms with Gasteiger partial charge in [0.25, 0.3) is 5.91 Å². The van der Waals surface area contributed by atoms with Crippen LogP contribution in [0.2, 0.25) is 0 Å². The number of ether oxygens (including phenoxy) is 2. The molecule has 2 aromatic heterocycles. The van der Waals surface area contributed by atoms with Gasteiger partial charge in [-0.1, -0.05) is 24.3 Å². The number of hydroxylamine groups is 1. The van der Waals surface area contributed by atoms with Crippen LogP contribution in [0, 0.1) is 0 Å². The quantitative estimate of drug-likeness (QED) is 0.511. The third-order valence-electron chi connectivity index (χ3n) is 5.66. The Bertz CT molecular complexity index is 1010. The molecule has 150 valence electrons. The third-order valence-corrected chi connectivity index (χ3v) is 5.66. The molecule has 7 nitrogen and oxygen atoms in total. The fourth-order valence-corrected chi connectivity index (χ4v) is 3.97. The summed E-state index contributed by atoms with van der Waals surface area (Å²) >= 11 is 0. The summed E-state index contributed by atoms with van der Waals surface area (Å²) in [6.45, 7) is 0.989. The molecule has 1 fully saturated rings. The van der Waals surface area contributed by atoms with Gasteiger partial charge in [-0.3, -0.25) is 10.0 Å². The predicted molar refractivity (Wildman–Crippen MR) is 107 cm³/mol. The first-order valence-corrected chi connectivity index (χ1v) is 9.56. The first-order chi connectivity index (χ1) is 14.2. The number of aromatic nitrogens is 2. The largest absolute Gasteiger partial charge is 0.481 e. The number of carbonyl (C=O) groups excluding carboxylic acids is 1. The summed E-state index contributed by atoms with van der Waals surface area (Å²) in [7, 11) is 1.59. The van der Waals surface area contributed by atoms with Crippen molar-refractivity contribution in [3.05, 3.63) is 65.4 Å². The van der Waals surface area contributed by atoms with Gasteiger partial charge in [0.15, 0.2) is 5.65 Å². The molecule has 0 aliphatic carbocycles. The van der Waals surface area contributed by atoms with Gasteiger partial charge in [0.2, 0.25) is 5.88 Å². The standard InChI is InChI=1S/C22H23N3O4/c1-28-19-7-6-18-16(8-11-23-20(18)24-19)14-15-2-4-17(5-3-15)22(21(26)25-27)9-12-29-13-10-22/h2-8,11,27H,9-10,12-14H2,1H3,(H,25,26). The Kier molecular flexibility index (Phi) is 5.42. The molecular formula is C22H23N3O4.